The lowest BCUT2D eigenvalue weighted by molar-refractivity contribution is 0.561. The number of aromatic nitrogens is 3. The number of benzene rings is 1. The molecule has 5 heteroatoms. The van der Waals surface area contributed by atoms with Crippen molar-refractivity contribution in [3.8, 4) is 11.3 Å². The van der Waals surface area contributed by atoms with Crippen LogP contribution in [0, 0.1) is 13.8 Å². The first kappa shape index (κ1) is 10.8. The lowest BCUT2D eigenvalue weighted by Crippen LogP contribution is -1.91. The van der Waals surface area contributed by atoms with Crippen LogP contribution in [0.25, 0.3) is 22.4 Å². The van der Waals surface area contributed by atoms with Gasteiger partial charge in [-0.15, -0.1) is 0 Å². The van der Waals surface area contributed by atoms with Gasteiger partial charge in [0.2, 0.25) is 0 Å². The molecule has 0 saturated heterocycles. The van der Waals surface area contributed by atoms with Gasteiger partial charge in [0.05, 0.1) is 11.4 Å². The van der Waals surface area contributed by atoms with Gasteiger partial charge >= 0.3 is 0 Å². The maximum absolute atomic E-state index is 5.54. The highest BCUT2D eigenvalue weighted by Gasteiger charge is 2.12. The fourth-order valence-corrected chi connectivity index (χ4v) is 2.13. The molecular weight excluding hydrogens is 228 g/mol. The number of hydrogen-bond acceptors (Lipinski definition) is 4. The summed E-state index contributed by atoms with van der Waals surface area (Å²) in [6.45, 7) is 3.83. The SMILES string of the molecule is CNc1c(-c2ccc3nc(C)oc3c2)n[nH]c1C. The Kier molecular flexibility index (Phi) is 2.33. The summed E-state index contributed by atoms with van der Waals surface area (Å²) in [6.07, 6.45) is 0. The zero-order chi connectivity index (χ0) is 12.7. The lowest BCUT2D eigenvalue weighted by Gasteiger charge is -2.02. The van der Waals surface area contributed by atoms with E-state index in [0.717, 1.165) is 33.7 Å². The molecule has 0 radical (unpaired) electrons. The van der Waals surface area contributed by atoms with Gasteiger partial charge in [0.25, 0.3) is 0 Å². The van der Waals surface area contributed by atoms with Crippen LogP contribution in [0.15, 0.2) is 22.6 Å². The summed E-state index contributed by atoms with van der Waals surface area (Å²) < 4.78 is 5.54. The molecule has 0 unspecified atom stereocenters. The first-order chi connectivity index (χ1) is 8.69. The molecule has 0 aliphatic carbocycles. The molecule has 0 aliphatic rings. The Morgan fingerprint density at radius 3 is 2.89 bits per heavy atom. The summed E-state index contributed by atoms with van der Waals surface area (Å²) >= 11 is 0. The van der Waals surface area contributed by atoms with Crippen molar-refractivity contribution in [3.05, 3.63) is 29.8 Å². The molecule has 18 heavy (non-hydrogen) atoms. The van der Waals surface area contributed by atoms with Crippen molar-refractivity contribution in [2.24, 2.45) is 0 Å². The fourth-order valence-electron chi connectivity index (χ4n) is 2.13. The van der Waals surface area contributed by atoms with Gasteiger partial charge in [0.15, 0.2) is 11.5 Å². The Labute approximate surface area is 104 Å². The molecule has 3 aromatic rings. The van der Waals surface area contributed by atoms with Crippen LogP contribution in [0.3, 0.4) is 0 Å². The molecule has 2 heterocycles. The van der Waals surface area contributed by atoms with Gasteiger partial charge in [-0.05, 0) is 19.1 Å². The van der Waals surface area contributed by atoms with Crippen LogP contribution in [0.2, 0.25) is 0 Å². The Balaban J connectivity index is 2.18. The minimum Gasteiger partial charge on any atom is -0.441 e. The number of oxazole rings is 1. The molecule has 0 bridgehead atoms. The molecular formula is C13H14N4O. The average molecular weight is 242 g/mol. The second kappa shape index (κ2) is 3.87. The van der Waals surface area contributed by atoms with Gasteiger partial charge in [0, 0.05) is 19.5 Å². The molecule has 0 atom stereocenters. The third kappa shape index (κ3) is 1.55. The monoisotopic (exact) mass is 242 g/mol. The highest BCUT2D eigenvalue weighted by atomic mass is 16.3. The molecule has 92 valence electrons. The quantitative estimate of drug-likeness (QED) is 0.725. The number of anilines is 1. The maximum Gasteiger partial charge on any atom is 0.192 e. The maximum atomic E-state index is 5.54. The van der Waals surface area contributed by atoms with Gasteiger partial charge < -0.3 is 9.73 Å². The third-order valence-corrected chi connectivity index (χ3v) is 2.97. The zero-order valence-electron chi connectivity index (χ0n) is 10.5. The van der Waals surface area contributed by atoms with Crippen LogP contribution in [-0.4, -0.2) is 22.2 Å². The van der Waals surface area contributed by atoms with Crippen molar-refractivity contribution in [1.29, 1.82) is 0 Å². The molecule has 0 amide bonds. The fraction of sp³-hybridized carbons (Fsp3) is 0.231. The minimum absolute atomic E-state index is 0.675. The van der Waals surface area contributed by atoms with Crippen molar-refractivity contribution < 1.29 is 4.42 Å². The topological polar surface area (TPSA) is 66.7 Å². The van der Waals surface area contributed by atoms with Gasteiger partial charge in [0.1, 0.15) is 11.2 Å². The van der Waals surface area contributed by atoms with Crippen LogP contribution >= 0.6 is 0 Å². The highest BCUT2D eigenvalue weighted by Crippen LogP contribution is 2.30. The van der Waals surface area contributed by atoms with Crippen LogP contribution in [0.5, 0.6) is 0 Å². The molecule has 0 aliphatic heterocycles. The number of aryl methyl sites for hydroxylation is 2. The van der Waals surface area contributed by atoms with Crippen LogP contribution in [0.1, 0.15) is 11.6 Å². The Bertz CT molecular complexity index is 711. The van der Waals surface area contributed by atoms with Gasteiger partial charge in [-0.2, -0.15) is 5.10 Å². The second-order valence-corrected chi connectivity index (χ2v) is 4.24. The smallest absolute Gasteiger partial charge is 0.192 e. The first-order valence-corrected chi connectivity index (χ1v) is 5.79. The van der Waals surface area contributed by atoms with Gasteiger partial charge in [-0.25, -0.2) is 4.98 Å². The Morgan fingerprint density at radius 2 is 2.11 bits per heavy atom. The van der Waals surface area contributed by atoms with E-state index >= 15 is 0 Å². The number of rotatable bonds is 2. The Hall–Kier alpha value is -2.30. The summed E-state index contributed by atoms with van der Waals surface area (Å²) in [7, 11) is 1.89. The predicted octanol–water partition coefficient (Wildman–Crippen LogP) is 2.88. The van der Waals surface area contributed by atoms with Crippen molar-refractivity contribution >= 4 is 16.8 Å². The largest absolute Gasteiger partial charge is 0.441 e. The van der Waals surface area contributed by atoms with E-state index < -0.39 is 0 Å². The van der Waals surface area contributed by atoms with E-state index in [2.05, 4.69) is 20.5 Å². The zero-order valence-corrected chi connectivity index (χ0v) is 10.5. The van der Waals surface area contributed by atoms with E-state index in [1.807, 2.05) is 39.1 Å². The van der Waals surface area contributed by atoms with Crippen LogP contribution in [-0.2, 0) is 0 Å². The summed E-state index contributed by atoms with van der Waals surface area (Å²) in [6, 6.07) is 5.91. The standard InChI is InChI=1S/C13H14N4O/c1-7-12(14-3)13(17-16-7)9-4-5-10-11(6-9)18-8(2)15-10/h4-6,14H,1-3H3,(H,16,17). The number of aromatic amines is 1. The van der Waals surface area contributed by atoms with Crippen molar-refractivity contribution in [2.45, 2.75) is 13.8 Å². The lowest BCUT2D eigenvalue weighted by atomic mass is 10.1. The van der Waals surface area contributed by atoms with Crippen molar-refractivity contribution in [2.75, 3.05) is 12.4 Å². The molecule has 3 rings (SSSR count). The van der Waals surface area contributed by atoms with E-state index in [4.69, 9.17) is 4.42 Å². The van der Waals surface area contributed by atoms with Gasteiger partial charge in [-0.1, -0.05) is 6.07 Å². The number of hydrogen-bond donors (Lipinski definition) is 2. The first-order valence-electron chi connectivity index (χ1n) is 5.79. The summed E-state index contributed by atoms with van der Waals surface area (Å²) in [5.41, 5.74) is 5.58. The highest BCUT2D eigenvalue weighted by molar-refractivity contribution is 5.83. The van der Waals surface area contributed by atoms with Crippen LogP contribution in [0.4, 0.5) is 5.69 Å². The number of nitrogens with zero attached hydrogens (tertiary/aromatic N) is 2. The average Bonchev–Trinajstić information content (AvgIpc) is 2.89. The molecule has 2 N–H and O–H groups in total. The second-order valence-electron chi connectivity index (χ2n) is 4.24. The van der Waals surface area contributed by atoms with E-state index in [0.29, 0.717) is 5.89 Å². The summed E-state index contributed by atoms with van der Waals surface area (Å²) in [4.78, 5) is 4.29. The molecule has 1 aromatic carbocycles. The van der Waals surface area contributed by atoms with E-state index in [-0.39, 0.29) is 0 Å². The number of H-pyrrole nitrogens is 1. The van der Waals surface area contributed by atoms with Crippen molar-refractivity contribution in [1.82, 2.24) is 15.2 Å². The predicted molar refractivity (Wildman–Crippen MR) is 70.6 cm³/mol. The van der Waals surface area contributed by atoms with E-state index in [1.54, 1.807) is 0 Å². The summed E-state index contributed by atoms with van der Waals surface area (Å²) in [5, 5.41) is 10.5. The third-order valence-electron chi connectivity index (χ3n) is 2.97. The number of fused-ring (bicyclic) bond motifs is 1. The summed E-state index contributed by atoms with van der Waals surface area (Å²) in [5.74, 6) is 0.675. The molecule has 0 saturated carbocycles. The number of nitrogens with one attached hydrogen (secondary N) is 2. The molecule has 5 nitrogen and oxygen atoms in total. The molecule has 0 fully saturated rings. The van der Waals surface area contributed by atoms with E-state index in [9.17, 15) is 0 Å². The Morgan fingerprint density at radius 1 is 1.28 bits per heavy atom. The normalized spacial score (nSPS) is 11.1. The minimum atomic E-state index is 0.675. The van der Waals surface area contributed by atoms with E-state index in [1.165, 1.54) is 0 Å². The van der Waals surface area contributed by atoms with Crippen LogP contribution < -0.4 is 5.32 Å². The van der Waals surface area contributed by atoms with Gasteiger partial charge in [-0.3, -0.25) is 5.10 Å². The van der Waals surface area contributed by atoms with Crippen molar-refractivity contribution in [3.63, 3.8) is 0 Å². The molecule has 2 aromatic heterocycles. The molecule has 0 spiro atoms.